The van der Waals surface area contributed by atoms with Gasteiger partial charge in [-0.05, 0) is 12.8 Å². The van der Waals surface area contributed by atoms with Gasteiger partial charge < -0.3 is 39.4 Å². The van der Waals surface area contributed by atoms with Gasteiger partial charge >= 0.3 is 11.9 Å². The van der Waals surface area contributed by atoms with Gasteiger partial charge in [0.15, 0.2) is 12.4 Å². The molecule has 1 aliphatic heterocycles. The van der Waals surface area contributed by atoms with Crippen LogP contribution in [0.25, 0.3) is 0 Å². The number of carbonyl (C=O) groups excluding carboxylic acids is 2. The Labute approximate surface area is 259 Å². The quantitative estimate of drug-likeness (QED) is 0.0723. The lowest BCUT2D eigenvalue weighted by Crippen LogP contribution is -2.59. The molecule has 254 valence electrons. The molecule has 1 aliphatic rings. The number of hydrogen-bond donors (Lipinski definition) is 4. The van der Waals surface area contributed by atoms with E-state index in [2.05, 4.69) is 6.92 Å². The van der Waals surface area contributed by atoms with Crippen LogP contribution in [-0.2, 0) is 28.5 Å². The fourth-order valence-electron chi connectivity index (χ4n) is 5.19. The van der Waals surface area contributed by atoms with Crippen molar-refractivity contribution in [3.63, 3.8) is 0 Å². The van der Waals surface area contributed by atoms with Crippen LogP contribution in [0.5, 0.6) is 0 Å². The van der Waals surface area contributed by atoms with E-state index in [1.807, 2.05) is 6.92 Å². The molecule has 0 bridgehead atoms. The summed E-state index contributed by atoms with van der Waals surface area (Å²) in [5.41, 5.74) is 0. The molecule has 0 aromatic heterocycles. The molecule has 0 aromatic rings. The van der Waals surface area contributed by atoms with E-state index >= 15 is 0 Å². The Hall–Kier alpha value is -1.30. The first-order chi connectivity index (χ1) is 20.8. The maximum atomic E-state index is 12.5. The normalized spacial score (nSPS) is 22.8. The van der Waals surface area contributed by atoms with Crippen molar-refractivity contribution in [2.24, 2.45) is 0 Å². The highest BCUT2D eigenvalue weighted by atomic mass is 16.7. The van der Waals surface area contributed by atoms with Crippen molar-refractivity contribution in [3.8, 4) is 0 Å². The zero-order valence-electron chi connectivity index (χ0n) is 27.0. The van der Waals surface area contributed by atoms with Gasteiger partial charge in [0, 0.05) is 12.8 Å². The summed E-state index contributed by atoms with van der Waals surface area (Å²) in [6.45, 7) is 3.22. The first-order valence-electron chi connectivity index (χ1n) is 17.1. The van der Waals surface area contributed by atoms with E-state index in [0.717, 1.165) is 32.1 Å². The number of rotatable bonds is 27. The van der Waals surface area contributed by atoms with E-state index in [4.69, 9.17) is 18.9 Å². The van der Waals surface area contributed by atoms with Crippen molar-refractivity contribution in [3.05, 3.63) is 0 Å². The third-order valence-electron chi connectivity index (χ3n) is 7.99. The Bertz CT molecular complexity index is 689. The Morgan fingerprint density at radius 1 is 0.628 bits per heavy atom. The number of carbonyl (C=O) groups is 2. The lowest BCUT2D eigenvalue weighted by Gasteiger charge is -2.39. The summed E-state index contributed by atoms with van der Waals surface area (Å²) in [6, 6.07) is 0. The van der Waals surface area contributed by atoms with Crippen LogP contribution in [0.1, 0.15) is 142 Å². The predicted octanol–water partition coefficient (Wildman–Crippen LogP) is 5.10. The van der Waals surface area contributed by atoms with Crippen molar-refractivity contribution in [1.82, 2.24) is 0 Å². The number of unbranched alkanes of at least 4 members (excludes halogenated alkanes) is 16. The third kappa shape index (κ3) is 19.0. The fraction of sp³-hybridized carbons (Fsp3) is 0.939. The van der Waals surface area contributed by atoms with E-state index in [-0.39, 0.29) is 26.1 Å². The van der Waals surface area contributed by atoms with Crippen LogP contribution in [0.3, 0.4) is 0 Å². The second-order valence-corrected chi connectivity index (χ2v) is 12.0. The smallest absolute Gasteiger partial charge is 0.306 e. The third-order valence-corrected chi connectivity index (χ3v) is 7.99. The number of hydrogen-bond acceptors (Lipinski definition) is 10. The highest BCUT2D eigenvalue weighted by molar-refractivity contribution is 5.70. The monoisotopic (exact) mass is 618 g/mol. The van der Waals surface area contributed by atoms with E-state index in [1.165, 1.54) is 70.6 Å². The average molecular weight is 619 g/mol. The Kier molecular flexibility index (Phi) is 24.0. The molecule has 0 saturated carbocycles. The summed E-state index contributed by atoms with van der Waals surface area (Å²) in [5, 5.41) is 39.6. The second-order valence-electron chi connectivity index (χ2n) is 12.0. The lowest BCUT2D eigenvalue weighted by atomic mass is 9.99. The molecule has 6 unspecified atom stereocenters. The summed E-state index contributed by atoms with van der Waals surface area (Å²) < 4.78 is 21.7. The maximum Gasteiger partial charge on any atom is 0.306 e. The molecule has 6 atom stereocenters. The molecule has 1 heterocycles. The van der Waals surface area contributed by atoms with Crippen LogP contribution in [0, 0.1) is 0 Å². The second kappa shape index (κ2) is 26.0. The molecular weight excluding hydrogens is 556 g/mol. The minimum absolute atomic E-state index is 0.215. The van der Waals surface area contributed by atoms with E-state index in [1.54, 1.807) is 0 Å². The average Bonchev–Trinajstić information content (AvgIpc) is 3.00. The first-order valence-corrected chi connectivity index (χ1v) is 17.1. The predicted molar refractivity (Wildman–Crippen MR) is 164 cm³/mol. The molecule has 0 radical (unpaired) electrons. The van der Waals surface area contributed by atoms with E-state index in [9.17, 15) is 30.0 Å². The van der Waals surface area contributed by atoms with Crippen LogP contribution in [-0.4, -0.2) is 89.0 Å². The molecule has 0 aliphatic carbocycles. The number of aliphatic hydroxyl groups is 4. The molecule has 43 heavy (non-hydrogen) atoms. The van der Waals surface area contributed by atoms with Gasteiger partial charge in [0.2, 0.25) is 0 Å². The number of aliphatic hydroxyl groups excluding tert-OH is 4. The van der Waals surface area contributed by atoms with Gasteiger partial charge in [-0.15, -0.1) is 0 Å². The van der Waals surface area contributed by atoms with Crippen molar-refractivity contribution >= 4 is 11.9 Å². The molecule has 1 saturated heterocycles. The summed E-state index contributed by atoms with van der Waals surface area (Å²) in [6.07, 6.45) is 13.5. The molecule has 0 spiro atoms. The van der Waals surface area contributed by atoms with Crippen LogP contribution in [0.15, 0.2) is 0 Å². The van der Waals surface area contributed by atoms with E-state index < -0.39 is 55.4 Å². The minimum Gasteiger partial charge on any atom is -0.462 e. The number of ether oxygens (including phenoxy) is 4. The van der Waals surface area contributed by atoms with Gasteiger partial charge in [0.1, 0.15) is 31.0 Å². The number of esters is 2. The highest BCUT2D eigenvalue weighted by Crippen LogP contribution is 2.22. The molecular formula is C33H62O10. The molecule has 0 amide bonds. The summed E-state index contributed by atoms with van der Waals surface area (Å²) in [4.78, 5) is 24.6. The van der Waals surface area contributed by atoms with Crippen molar-refractivity contribution in [1.29, 1.82) is 0 Å². The zero-order chi connectivity index (χ0) is 31.7. The van der Waals surface area contributed by atoms with Gasteiger partial charge in [-0.25, -0.2) is 0 Å². The van der Waals surface area contributed by atoms with Gasteiger partial charge in [0.25, 0.3) is 0 Å². The van der Waals surface area contributed by atoms with Gasteiger partial charge in [-0.1, -0.05) is 117 Å². The fourth-order valence-corrected chi connectivity index (χ4v) is 5.19. The Morgan fingerprint density at radius 3 is 1.63 bits per heavy atom. The first kappa shape index (κ1) is 39.7. The highest BCUT2D eigenvalue weighted by Gasteiger charge is 2.44. The Morgan fingerprint density at radius 2 is 1.09 bits per heavy atom. The largest absolute Gasteiger partial charge is 0.462 e. The van der Waals surface area contributed by atoms with Crippen molar-refractivity contribution < 1.29 is 49.0 Å². The summed E-state index contributed by atoms with van der Waals surface area (Å²) in [5.74, 6) is -0.830. The standard InChI is InChI=1S/C33H62O10/c1-3-5-7-8-9-10-11-12-13-14-15-16-17-18-20-22-29(36)42-26(24-40-28(35)21-19-6-4-2)25-41-33-32(39)31(38)30(37)27(23-34)43-33/h26-27,30-34,37-39H,3-25H2,1-2H3. The summed E-state index contributed by atoms with van der Waals surface area (Å²) >= 11 is 0. The topological polar surface area (TPSA) is 152 Å². The van der Waals surface area contributed by atoms with Gasteiger partial charge in [0.05, 0.1) is 13.2 Å². The maximum absolute atomic E-state index is 12.5. The minimum atomic E-state index is -1.58. The molecule has 0 aromatic carbocycles. The molecule has 1 rings (SSSR count). The summed E-state index contributed by atoms with van der Waals surface area (Å²) in [7, 11) is 0. The van der Waals surface area contributed by atoms with Crippen molar-refractivity contribution in [2.45, 2.75) is 179 Å². The van der Waals surface area contributed by atoms with E-state index in [0.29, 0.717) is 12.8 Å². The van der Waals surface area contributed by atoms with Crippen molar-refractivity contribution in [2.75, 3.05) is 19.8 Å². The Balaban J connectivity index is 2.32. The van der Waals surface area contributed by atoms with Crippen LogP contribution >= 0.6 is 0 Å². The zero-order valence-corrected chi connectivity index (χ0v) is 27.0. The lowest BCUT2D eigenvalue weighted by molar-refractivity contribution is -0.305. The molecule has 10 nitrogen and oxygen atoms in total. The molecule has 4 N–H and O–H groups in total. The molecule has 10 heteroatoms. The molecule has 1 fully saturated rings. The van der Waals surface area contributed by atoms with Gasteiger partial charge in [-0.3, -0.25) is 9.59 Å². The SMILES string of the molecule is CCCCCCCCCCCCCCCCCC(=O)OC(COC(=O)CCCCC)COC1OC(CO)C(O)C(O)C1O. The van der Waals surface area contributed by atoms with Gasteiger partial charge in [-0.2, -0.15) is 0 Å². The van der Waals surface area contributed by atoms with Crippen LogP contribution < -0.4 is 0 Å². The van der Waals surface area contributed by atoms with Crippen LogP contribution in [0.4, 0.5) is 0 Å². The van der Waals surface area contributed by atoms with Crippen LogP contribution in [0.2, 0.25) is 0 Å².